The van der Waals surface area contributed by atoms with Crippen LogP contribution in [0.4, 0.5) is 17.5 Å². The number of aromatic amines is 1. The van der Waals surface area contributed by atoms with Gasteiger partial charge in [-0.1, -0.05) is 43.3 Å². The molecule has 2 amide bonds. The third-order valence-electron chi connectivity index (χ3n) is 6.39. The Balaban J connectivity index is 1.46. The van der Waals surface area contributed by atoms with Gasteiger partial charge in [0.15, 0.2) is 0 Å². The van der Waals surface area contributed by atoms with Gasteiger partial charge in [-0.3, -0.25) is 19.4 Å². The van der Waals surface area contributed by atoms with Gasteiger partial charge in [-0.05, 0) is 30.2 Å². The van der Waals surface area contributed by atoms with Crippen molar-refractivity contribution in [2.45, 2.75) is 32.1 Å². The maximum Gasteiger partial charge on any atom is 0.258 e. The lowest BCUT2D eigenvalue weighted by Gasteiger charge is -2.31. The number of fused-ring (bicyclic) bond motifs is 2. The number of nitrogens with zero attached hydrogens (tertiary/aromatic N) is 2. The molecule has 1 atom stereocenters. The van der Waals surface area contributed by atoms with Crippen LogP contribution in [0.1, 0.15) is 37.7 Å². The number of hydrogen-bond acceptors (Lipinski definition) is 5. The quantitative estimate of drug-likeness (QED) is 0.590. The largest absolute Gasteiger partial charge is 0.342 e. The lowest BCUT2D eigenvalue weighted by molar-refractivity contribution is -0.123. The minimum atomic E-state index is -0.913. The van der Waals surface area contributed by atoms with E-state index >= 15 is 0 Å². The fourth-order valence-corrected chi connectivity index (χ4v) is 4.51. The van der Waals surface area contributed by atoms with E-state index in [0.717, 1.165) is 36.7 Å². The Bertz CT molecular complexity index is 1250. The number of rotatable bonds is 3. The maximum absolute atomic E-state index is 13.2. The Labute approximate surface area is 185 Å². The highest BCUT2D eigenvalue weighted by Crippen LogP contribution is 2.32. The van der Waals surface area contributed by atoms with Crippen LogP contribution < -0.4 is 21.1 Å². The molecule has 0 bridgehead atoms. The Kier molecular flexibility index (Phi) is 5.13. The lowest BCUT2D eigenvalue weighted by atomic mass is 9.92. The van der Waals surface area contributed by atoms with E-state index in [9.17, 15) is 14.4 Å². The zero-order chi connectivity index (χ0) is 22.2. The minimum absolute atomic E-state index is 0.102. The number of carbonyl (C=O) groups excluding carboxylic acids is 2. The van der Waals surface area contributed by atoms with E-state index in [-0.39, 0.29) is 29.3 Å². The number of H-pyrrole nitrogens is 1. The van der Waals surface area contributed by atoms with Crippen molar-refractivity contribution in [1.29, 1.82) is 0 Å². The van der Waals surface area contributed by atoms with Crippen LogP contribution in [0.3, 0.4) is 0 Å². The lowest BCUT2D eigenvalue weighted by Crippen LogP contribution is -2.39. The monoisotopic (exact) mass is 431 g/mol. The molecular weight excluding hydrogens is 406 g/mol. The Morgan fingerprint density at radius 2 is 1.84 bits per heavy atom. The third kappa shape index (κ3) is 3.72. The fraction of sp³-hybridized carbons (Fsp3) is 0.333. The number of anilines is 3. The van der Waals surface area contributed by atoms with E-state index < -0.39 is 11.8 Å². The molecule has 2 aliphatic heterocycles. The number of piperidine rings is 1. The van der Waals surface area contributed by atoms with Gasteiger partial charge in [0, 0.05) is 30.6 Å². The number of carbonyl (C=O) groups is 2. The smallest absolute Gasteiger partial charge is 0.258 e. The molecule has 8 nitrogen and oxygen atoms in total. The molecule has 1 saturated heterocycles. The number of benzene rings is 2. The summed E-state index contributed by atoms with van der Waals surface area (Å²) < 4.78 is 0. The predicted octanol–water partition coefficient (Wildman–Crippen LogP) is 3.22. The molecule has 2 aliphatic rings. The highest BCUT2D eigenvalue weighted by molar-refractivity contribution is 6.08. The van der Waals surface area contributed by atoms with Gasteiger partial charge in [-0.15, -0.1) is 0 Å². The van der Waals surface area contributed by atoms with Crippen molar-refractivity contribution >= 4 is 40.0 Å². The summed E-state index contributed by atoms with van der Waals surface area (Å²) >= 11 is 0. The van der Waals surface area contributed by atoms with Crippen LogP contribution in [0.5, 0.6) is 0 Å². The molecule has 32 heavy (non-hydrogen) atoms. The Hall–Kier alpha value is -3.68. The normalized spacial score (nSPS) is 18.8. The summed E-state index contributed by atoms with van der Waals surface area (Å²) in [6, 6.07) is 13.4. The number of amides is 2. The van der Waals surface area contributed by atoms with Crippen molar-refractivity contribution in [3.8, 4) is 0 Å². The summed E-state index contributed by atoms with van der Waals surface area (Å²) in [4.78, 5) is 48.0. The molecule has 3 N–H and O–H groups in total. The molecule has 0 aliphatic carbocycles. The zero-order valence-electron chi connectivity index (χ0n) is 17.9. The van der Waals surface area contributed by atoms with Crippen molar-refractivity contribution in [3.63, 3.8) is 0 Å². The summed E-state index contributed by atoms with van der Waals surface area (Å²) in [5.41, 5.74) is 0.460. The Morgan fingerprint density at radius 1 is 1.09 bits per heavy atom. The van der Waals surface area contributed by atoms with Gasteiger partial charge in [0.05, 0.1) is 11.5 Å². The molecule has 0 radical (unpaired) electrons. The average molecular weight is 431 g/mol. The minimum Gasteiger partial charge on any atom is -0.342 e. The highest BCUT2D eigenvalue weighted by Gasteiger charge is 2.35. The highest BCUT2D eigenvalue weighted by atomic mass is 16.2. The zero-order valence-corrected chi connectivity index (χ0v) is 17.9. The first-order valence-electron chi connectivity index (χ1n) is 11.0. The van der Waals surface area contributed by atoms with Crippen LogP contribution in [0.2, 0.25) is 0 Å². The summed E-state index contributed by atoms with van der Waals surface area (Å²) in [5, 5.41) is 7.49. The summed E-state index contributed by atoms with van der Waals surface area (Å²) in [6.45, 7) is 3.80. The van der Waals surface area contributed by atoms with Crippen LogP contribution >= 0.6 is 0 Å². The molecule has 0 saturated carbocycles. The molecule has 0 unspecified atom stereocenters. The van der Waals surface area contributed by atoms with Crippen LogP contribution in [-0.2, 0) is 9.59 Å². The molecule has 8 heteroatoms. The van der Waals surface area contributed by atoms with Gasteiger partial charge in [0.25, 0.3) is 5.56 Å². The van der Waals surface area contributed by atoms with Crippen molar-refractivity contribution in [2.24, 2.45) is 5.92 Å². The van der Waals surface area contributed by atoms with E-state index in [1.165, 1.54) is 0 Å². The molecule has 1 fully saturated rings. The molecule has 3 aromatic rings. The molecule has 5 rings (SSSR count). The molecule has 0 spiro atoms. The van der Waals surface area contributed by atoms with Crippen molar-refractivity contribution in [3.05, 3.63) is 58.4 Å². The molecule has 2 aromatic carbocycles. The maximum atomic E-state index is 13.2. The number of aromatic nitrogens is 2. The van der Waals surface area contributed by atoms with E-state index in [2.05, 4.69) is 27.5 Å². The third-order valence-corrected chi connectivity index (χ3v) is 6.39. The topological polar surface area (TPSA) is 107 Å². The average Bonchev–Trinajstić information content (AvgIpc) is 2.79. The summed E-state index contributed by atoms with van der Waals surface area (Å²) in [5.74, 6) is -0.384. The predicted molar refractivity (Wildman–Crippen MR) is 124 cm³/mol. The summed E-state index contributed by atoms with van der Waals surface area (Å²) in [7, 11) is 0. The second kappa shape index (κ2) is 8.11. The summed E-state index contributed by atoms with van der Waals surface area (Å²) in [6.07, 6.45) is 1.93. The van der Waals surface area contributed by atoms with E-state index in [1.807, 2.05) is 47.4 Å². The van der Waals surface area contributed by atoms with Gasteiger partial charge in [0.2, 0.25) is 17.8 Å². The fourth-order valence-electron chi connectivity index (χ4n) is 4.51. The molecule has 1 aromatic heterocycles. The van der Waals surface area contributed by atoms with Gasteiger partial charge >= 0.3 is 0 Å². The molecule has 3 heterocycles. The van der Waals surface area contributed by atoms with E-state index in [0.29, 0.717) is 17.6 Å². The van der Waals surface area contributed by atoms with Gasteiger partial charge in [0.1, 0.15) is 5.82 Å². The van der Waals surface area contributed by atoms with Crippen LogP contribution in [-0.4, -0.2) is 34.9 Å². The van der Waals surface area contributed by atoms with Gasteiger partial charge in [-0.2, -0.15) is 4.98 Å². The van der Waals surface area contributed by atoms with Gasteiger partial charge < -0.3 is 15.5 Å². The second-order valence-electron chi connectivity index (χ2n) is 8.64. The first-order chi connectivity index (χ1) is 15.5. The number of nitrogens with one attached hydrogen (secondary N) is 3. The van der Waals surface area contributed by atoms with Crippen molar-refractivity contribution in [1.82, 2.24) is 9.97 Å². The SMILES string of the molecule is CC1CCN(c2nc3c(c(=O)[nH]2)[C@H](C(=O)Nc2cccc4ccccc24)CC(=O)N3)CC1. The van der Waals surface area contributed by atoms with Gasteiger partial charge in [-0.25, -0.2) is 0 Å². The number of hydrogen-bond donors (Lipinski definition) is 3. The van der Waals surface area contributed by atoms with E-state index in [4.69, 9.17) is 0 Å². The molecular formula is C24H25N5O3. The first kappa shape index (κ1) is 20.2. The van der Waals surface area contributed by atoms with Crippen LogP contribution in [0.15, 0.2) is 47.3 Å². The second-order valence-corrected chi connectivity index (χ2v) is 8.64. The Morgan fingerprint density at radius 3 is 2.66 bits per heavy atom. The van der Waals surface area contributed by atoms with Crippen molar-refractivity contribution in [2.75, 3.05) is 28.6 Å². The molecule has 164 valence electrons. The first-order valence-corrected chi connectivity index (χ1v) is 11.0. The van der Waals surface area contributed by atoms with E-state index in [1.54, 1.807) is 0 Å². The van der Waals surface area contributed by atoms with Crippen LogP contribution in [0.25, 0.3) is 10.8 Å². The van der Waals surface area contributed by atoms with Crippen molar-refractivity contribution < 1.29 is 9.59 Å². The standard InChI is InChI=1S/C24H25N5O3/c1-14-9-11-29(12-10-14)24-27-21-20(23(32)28-24)17(13-19(30)26-21)22(31)25-18-8-4-6-15-5-2-3-7-16(15)18/h2-8,14,17H,9-13H2,1H3,(H,25,31)(H2,26,27,28,30,32)/t17-/m1/s1. The van der Waals surface area contributed by atoms with Crippen LogP contribution in [0, 0.1) is 5.92 Å².